The molecule has 31 heavy (non-hydrogen) atoms. The van der Waals surface area contributed by atoms with Crippen molar-refractivity contribution in [1.82, 2.24) is 5.32 Å². The molecule has 0 fully saturated rings. The van der Waals surface area contributed by atoms with E-state index in [0.29, 0.717) is 42.4 Å². The van der Waals surface area contributed by atoms with Crippen LogP contribution in [0.5, 0.6) is 17.2 Å². The molecule has 0 saturated heterocycles. The van der Waals surface area contributed by atoms with Crippen molar-refractivity contribution in [2.24, 2.45) is 0 Å². The molecule has 0 bridgehead atoms. The van der Waals surface area contributed by atoms with Crippen LogP contribution < -0.4 is 18.4 Å². The predicted octanol–water partition coefficient (Wildman–Crippen LogP) is 2.61. The molecule has 0 spiro atoms. The molecule has 2 aromatic carbocycles. The van der Waals surface area contributed by atoms with Crippen LogP contribution in [0.4, 0.5) is 0 Å². The van der Waals surface area contributed by atoms with Gasteiger partial charge in [-0.15, -0.1) is 0 Å². The minimum absolute atomic E-state index is 0.0158. The van der Waals surface area contributed by atoms with E-state index >= 15 is 0 Å². The lowest BCUT2D eigenvalue weighted by atomic mass is 10.1. The summed E-state index contributed by atoms with van der Waals surface area (Å²) in [5, 5.41) is 14.2. The molecule has 0 aliphatic rings. The van der Waals surface area contributed by atoms with E-state index in [-0.39, 0.29) is 11.7 Å². The molecular weight excluding hydrogens is 454 g/mol. The Morgan fingerprint density at radius 2 is 1.90 bits per heavy atom. The molecule has 1 amide bonds. The number of carbonyl (C=O) groups is 1. The Balaban J connectivity index is 1.82. The fraction of sp³-hybridized carbons (Fsp3) is 0.167. The monoisotopic (exact) mass is 473 g/mol. The summed E-state index contributed by atoms with van der Waals surface area (Å²) in [7, 11) is -3.12. The smallest absolute Gasteiger partial charge is 0.446 e. The van der Waals surface area contributed by atoms with Crippen LogP contribution in [0.1, 0.15) is 11.1 Å². The first kappa shape index (κ1) is 24.5. The SMILES string of the molecule is COc1cc(/C=C/C(=O)NCCc2ccc(OS(=O)(=O)O)cc2)ccc1OSOOO. The molecule has 11 nitrogen and oxygen atoms in total. The number of methoxy groups -OCH3 is 1. The van der Waals surface area contributed by atoms with E-state index in [9.17, 15) is 13.2 Å². The van der Waals surface area contributed by atoms with Crippen molar-refractivity contribution in [3.63, 3.8) is 0 Å². The molecule has 0 atom stereocenters. The average Bonchev–Trinajstić information content (AvgIpc) is 2.73. The lowest BCUT2D eigenvalue weighted by Crippen LogP contribution is -2.23. The van der Waals surface area contributed by atoms with Crippen molar-refractivity contribution in [2.75, 3.05) is 13.7 Å². The van der Waals surface area contributed by atoms with E-state index in [1.54, 1.807) is 36.4 Å². The van der Waals surface area contributed by atoms with Gasteiger partial charge < -0.3 is 18.4 Å². The first-order valence-electron chi connectivity index (χ1n) is 8.52. The van der Waals surface area contributed by atoms with Gasteiger partial charge in [-0.05, 0) is 47.9 Å². The largest absolute Gasteiger partial charge is 0.493 e. The van der Waals surface area contributed by atoms with Gasteiger partial charge in [-0.1, -0.05) is 27.6 Å². The van der Waals surface area contributed by atoms with Gasteiger partial charge in [0.15, 0.2) is 11.5 Å². The highest BCUT2D eigenvalue weighted by Crippen LogP contribution is 2.31. The fourth-order valence-corrected chi connectivity index (χ4v) is 2.93. The number of rotatable bonds is 12. The van der Waals surface area contributed by atoms with Crippen LogP contribution >= 0.6 is 12.3 Å². The van der Waals surface area contributed by atoms with Gasteiger partial charge in [0.2, 0.25) is 5.91 Å². The van der Waals surface area contributed by atoms with Gasteiger partial charge in [0.25, 0.3) is 12.3 Å². The van der Waals surface area contributed by atoms with Crippen LogP contribution in [0.15, 0.2) is 48.5 Å². The Morgan fingerprint density at radius 3 is 2.55 bits per heavy atom. The molecule has 0 aliphatic heterocycles. The third-order valence-corrected chi connectivity index (χ3v) is 4.40. The average molecular weight is 473 g/mol. The molecule has 0 aliphatic carbocycles. The van der Waals surface area contributed by atoms with E-state index in [4.69, 9.17) is 18.7 Å². The van der Waals surface area contributed by atoms with Crippen LogP contribution in [-0.4, -0.2) is 37.8 Å². The topological polar surface area (TPSA) is 150 Å². The second-order valence-electron chi connectivity index (χ2n) is 5.73. The maximum absolute atomic E-state index is 12.0. The van der Waals surface area contributed by atoms with E-state index < -0.39 is 10.4 Å². The number of benzene rings is 2. The minimum atomic E-state index is -4.56. The normalized spacial score (nSPS) is 11.3. The summed E-state index contributed by atoms with van der Waals surface area (Å²) in [6.07, 6.45) is 3.45. The van der Waals surface area contributed by atoms with Gasteiger partial charge in [-0.25, -0.2) is 5.26 Å². The second kappa shape index (κ2) is 12.1. The molecular formula is C18H19NO10S2. The summed E-state index contributed by atoms with van der Waals surface area (Å²) >= 11 is 0.391. The van der Waals surface area contributed by atoms with Crippen molar-refractivity contribution in [3.05, 3.63) is 59.7 Å². The number of nitrogens with one attached hydrogen (secondary N) is 1. The first-order valence-corrected chi connectivity index (χ1v) is 10.5. The van der Waals surface area contributed by atoms with E-state index in [0.717, 1.165) is 5.56 Å². The van der Waals surface area contributed by atoms with Crippen LogP contribution in [0.2, 0.25) is 0 Å². The molecule has 0 unspecified atom stereocenters. The van der Waals surface area contributed by atoms with Crippen LogP contribution in [-0.2, 0) is 31.0 Å². The van der Waals surface area contributed by atoms with Gasteiger partial charge in [-0.2, -0.15) is 8.42 Å². The Morgan fingerprint density at radius 1 is 1.16 bits per heavy atom. The molecule has 3 N–H and O–H groups in total. The molecule has 2 aromatic rings. The predicted molar refractivity (Wildman–Crippen MR) is 110 cm³/mol. The van der Waals surface area contributed by atoms with Crippen molar-refractivity contribution < 1.29 is 45.5 Å². The zero-order chi connectivity index (χ0) is 22.7. The number of hydrogen-bond donors (Lipinski definition) is 3. The van der Waals surface area contributed by atoms with E-state index in [1.807, 2.05) is 0 Å². The number of ether oxygens (including phenoxy) is 1. The number of carbonyl (C=O) groups excluding carboxylic acids is 1. The van der Waals surface area contributed by atoms with Gasteiger partial charge in [0.1, 0.15) is 5.75 Å². The maximum Gasteiger partial charge on any atom is 0.446 e. The Bertz CT molecular complexity index is 993. The Hall–Kier alpha value is -2.81. The van der Waals surface area contributed by atoms with Gasteiger partial charge in [0.05, 0.1) is 7.11 Å². The van der Waals surface area contributed by atoms with Crippen molar-refractivity contribution in [3.8, 4) is 17.2 Å². The molecule has 168 valence electrons. The number of amides is 1. The zero-order valence-corrected chi connectivity index (χ0v) is 17.7. The van der Waals surface area contributed by atoms with Gasteiger partial charge in [-0.3, -0.25) is 9.35 Å². The van der Waals surface area contributed by atoms with E-state index in [1.165, 1.54) is 25.3 Å². The van der Waals surface area contributed by atoms with Crippen molar-refractivity contribution in [2.45, 2.75) is 6.42 Å². The van der Waals surface area contributed by atoms with Gasteiger partial charge in [0, 0.05) is 12.6 Å². The quantitative estimate of drug-likeness (QED) is 0.104. The Kier molecular flexibility index (Phi) is 9.58. The van der Waals surface area contributed by atoms with Crippen molar-refractivity contribution >= 4 is 34.7 Å². The highest BCUT2D eigenvalue weighted by Gasteiger charge is 2.08. The van der Waals surface area contributed by atoms with Gasteiger partial charge >= 0.3 is 10.4 Å². The molecule has 0 heterocycles. The minimum Gasteiger partial charge on any atom is -0.493 e. The molecule has 2 rings (SSSR count). The fourth-order valence-electron chi connectivity index (χ4n) is 2.31. The highest BCUT2D eigenvalue weighted by molar-refractivity contribution is 7.90. The van der Waals surface area contributed by atoms with Crippen LogP contribution in [0, 0.1) is 0 Å². The standard InChI is InChI=1S/C18H19NO10S2/c1-25-17-12-14(4-8-16(17)26-30-29-28-21)5-9-18(20)19-11-10-13-2-6-15(7-3-13)27-31(22,23)24/h2-9,12,21H,10-11H2,1H3,(H,19,20)(H,22,23,24)/b9-5+. The van der Waals surface area contributed by atoms with E-state index in [2.05, 4.69) is 18.9 Å². The summed E-state index contributed by atoms with van der Waals surface area (Å²) in [6.45, 7) is 0.349. The summed E-state index contributed by atoms with van der Waals surface area (Å²) in [5.74, 6) is 0.366. The maximum atomic E-state index is 12.0. The molecule has 0 saturated carbocycles. The summed E-state index contributed by atoms with van der Waals surface area (Å²) in [6, 6.07) is 10.9. The summed E-state index contributed by atoms with van der Waals surface area (Å²) < 4.78 is 48.7. The summed E-state index contributed by atoms with van der Waals surface area (Å²) in [4.78, 5) is 12.0. The molecule has 0 radical (unpaired) electrons. The summed E-state index contributed by atoms with van der Waals surface area (Å²) in [5.41, 5.74) is 1.51. The van der Waals surface area contributed by atoms with Crippen LogP contribution in [0.25, 0.3) is 6.08 Å². The third-order valence-electron chi connectivity index (χ3n) is 3.63. The third kappa shape index (κ3) is 9.25. The molecule has 13 heteroatoms. The lowest BCUT2D eigenvalue weighted by molar-refractivity contribution is -0.433. The number of hydrogen-bond acceptors (Lipinski definition) is 10. The highest BCUT2D eigenvalue weighted by atomic mass is 32.3. The Labute approximate surface area is 182 Å². The second-order valence-corrected chi connectivity index (χ2v) is 7.19. The zero-order valence-electron chi connectivity index (χ0n) is 16.1. The molecule has 0 aromatic heterocycles. The van der Waals surface area contributed by atoms with Crippen LogP contribution in [0.3, 0.4) is 0 Å². The lowest BCUT2D eigenvalue weighted by Gasteiger charge is -2.08. The van der Waals surface area contributed by atoms with Crippen molar-refractivity contribution in [1.29, 1.82) is 0 Å². The first-order chi connectivity index (χ1) is 14.8.